The zero-order valence-electron chi connectivity index (χ0n) is 13.0. The van der Waals surface area contributed by atoms with Crippen LogP contribution in [-0.4, -0.2) is 59.3 Å². The number of nitrogens with zero attached hydrogens (tertiary/aromatic N) is 3. The molecular weight excluding hydrogens is 288 g/mol. The van der Waals surface area contributed by atoms with Gasteiger partial charge < -0.3 is 10.1 Å². The van der Waals surface area contributed by atoms with Gasteiger partial charge in [-0.3, -0.25) is 9.69 Å². The van der Waals surface area contributed by atoms with Gasteiger partial charge in [0, 0.05) is 25.7 Å². The Labute approximate surface area is 130 Å². The molecule has 1 saturated heterocycles. The van der Waals surface area contributed by atoms with E-state index < -0.39 is 0 Å². The Morgan fingerprint density at radius 2 is 2.14 bits per heavy atom. The maximum Gasteiger partial charge on any atom is 0.265 e. The van der Waals surface area contributed by atoms with E-state index in [-0.39, 0.29) is 5.91 Å². The van der Waals surface area contributed by atoms with E-state index in [1.165, 1.54) is 11.5 Å². The van der Waals surface area contributed by atoms with E-state index in [9.17, 15) is 4.79 Å². The predicted molar refractivity (Wildman–Crippen MR) is 82.6 cm³/mol. The molecule has 1 aliphatic heterocycles. The lowest BCUT2D eigenvalue weighted by molar-refractivity contribution is 0.00673. The largest absolute Gasteiger partial charge is 0.379 e. The third-order valence-corrected chi connectivity index (χ3v) is 4.62. The third kappa shape index (κ3) is 4.21. The summed E-state index contributed by atoms with van der Waals surface area (Å²) in [6, 6.07) is 0.337. The summed E-state index contributed by atoms with van der Waals surface area (Å²) in [6.45, 7) is 10.4. The predicted octanol–water partition coefficient (Wildman–Crippen LogP) is 1.19. The summed E-state index contributed by atoms with van der Waals surface area (Å²) in [7, 11) is 0. The molecule has 1 aliphatic rings. The Morgan fingerprint density at radius 1 is 1.43 bits per heavy atom. The van der Waals surface area contributed by atoms with Crippen LogP contribution in [0, 0.1) is 5.92 Å². The fourth-order valence-electron chi connectivity index (χ4n) is 2.59. The second-order valence-corrected chi connectivity index (χ2v) is 6.33. The number of hydrogen-bond donors (Lipinski definition) is 1. The summed E-state index contributed by atoms with van der Waals surface area (Å²) in [5.41, 5.74) is 0.782. The summed E-state index contributed by atoms with van der Waals surface area (Å²) in [4.78, 5) is 15.3. The highest BCUT2D eigenvalue weighted by Crippen LogP contribution is 2.14. The Morgan fingerprint density at radius 3 is 2.76 bits per heavy atom. The van der Waals surface area contributed by atoms with Crippen LogP contribution in [0.15, 0.2) is 0 Å². The van der Waals surface area contributed by atoms with Crippen LogP contribution in [0.5, 0.6) is 0 Å². The zero-order chi connectivity index (χ0) is 15.2. The van der Waals surface area contributed by atoms with Crippen LogP contribution in [-0.2, 0) is 11.2 Å². The van der Waals surface area contributed by atoms with Crippen molar-refractivity contribution in [3.05, 3.63) is 10.6 Å². The zero-order valence-corrected chi connectivity index (χ0v) is 13.8. The van der Waals surface area contributed by atoms with E-state index in [4.69, 9.17) is 4.74 Å². The molecule has 21 heavy (non-hydrogen) atoms. The van der Waals surface area contributed by atoms with Gasteiger partial charge in [0.05, 0.1) is 18.9 Å². The van der Waals surface area contributed by atoms with Crippen LogP contribution in [0.3, 0.4) is 0 Å². The number of morpholine rings is 1. The molecule has 2 heterocycles. The van der Waals surface area contributed by atoms with E-state index in [1.807, 2.05) is 6.92 Å². The van der Waals surface area contributed by atoms with Crippen molar-refractivity contribution in [3.8, 4) is 0 Å². The van der Waals surface area contributed by atoms with Crippen molar-refractivity contribution >= 4 is 17.4 Å². The van der Waals surface area contributed by atoms with Crippen LogP contribution in [0.4, 0.5) is 0 Å². The summed E-state index contributed by atoms with van der Waals surface area (Å²) in [5, 5.41) is 7.04. The molecule has 1 N–H and O–H groups in total. The highest BCUT2D eigenvalue weighted by molar-refractivity contribution is 7.08. The molecule has 1 aromatic heterocycles. The molecule has 0 aliphatic carbocycles. The molecule has 1 amide bonds. The number of aromatic nitrogens is 2. The van der Waals surface area contributed by atoms with Crippen molar-refractivity contribution in [3.63, 3.8) is 0 Å². The summed E-state index contributed by atoms with van der Waals surface area (Å²) < 4.78 is 9.27. The Bertz CT molecular complexity index is 458. The standard InChI is InChI=1S/C14H24N4O2S/c1-4-11-13(21-17-16-11)14(19)15-9-12(10(2)3)18-5-7-20-8-6-18/h10,12H,4-9H2,1-3H3,(H,15,19)/t12-/m1/s1. The molecule has 2 rings (SSSR count). The number of carbonyl (C=O) groups is 1. The Kier molecular flexibility index (Phi) is 6.08. The molecular formula is C14H24N4O2S. The lowest BCUT2D eigenvalue weighted by Gasteiger charge is -2.36. The number of carbonyl (C=O) groups excluding carboxylic acids is 1. The average Bonchev–Trinajstić information content (AvgIpc) is 2.96. The number of amides is 1. The molecule has 0 bridgehead atoms. The molecule has 0 saturated carbocycles. The first kappa shape index (κ1) is 16.3. The van der Waals surface area contributed by atoms with Crippen molar-refractivity contribution in [1.29, 1.82) is 0 Å². The van der Waals surface area contributed by atoms with Crippen molar-refractivity contribution in [2.75, 3.05) is 32.8 Å². The minimum Gasteiger partial charge on any atom is -0.379 e. The van der Waals surface area contributed by atoms with E-state index in [2.05, 4.69) is 33.7 Å². The maximum atomic E-state index is 12.3. The number of rotatable bonds is 6. The molecule has 0 spiro atoms. The Hall–Kier alpha value is -1.05. The van der Waals surface area contributed by atoms with Crippen molar-refractivity contribution < 1.29 is 9.53 Å². The third-order valence-electron chi connectivity index (χ3n) is 3.85. The maximum absolute atomic E-state index is 12.3. The normalized spacial score (nSPS) is 17.9. The lowest BCUT2D eigenvalue weighted by atomic mass is 10.0. The first-order valence-electron chi connectivity index (χ1n) is 7.54. The van der Waals surface area contributed by atoms with E-state index >= 15 is 0 Å². The first-order chi connectivity index (χ1) is 10.1. The molecule has 0 unspecified atom stereocenters. The van der Waals surface area contributed by atoms with Gasteiger partial charge in [0.25, 0.3) is 5.91 Å². The van der Waals surface area contributed by atoms with Gasteiger partial charge in [-0.1, -0.05) is 25.3 Å². The SMILES string of the molecule is CCc1nnsc1C(=O)NC[C@H](C(C)C)N1CCOCC1. The van der Waals surface area contributed by atoms with Crippen LogP contribution in [0.2, 0.25) is 0 Å². The fraction of sp³-hybridized carbons (Fsp3) is 0.786. The van der Waals surface area contributed by atoms with Gasteiger partial charge in [-0.05, 0) is 23.9 Å². The van der Waals surface area contributed by atoms with Crippen LogP contribution in [0.25, 0.3) is 0 Å². The van der Waals surface area contributed by atoms with Crippen LogP contribution in [0.1, 0.15) is 36.1 Å². The molecule has 1 aromatic rings. The molecule has 118 valence electrons. The highest BCUT2D eigenvalue weighted by atomic mass is 32.1. The van der Waals surface area contributed by atoms with Gasteiger partial charge in [0.2, 0.25) is 0 Å². The average molecular weight is 312 g/mol. The number of hydrogen-bond acceptors (Lipinski definition) is 6. The smallest absolute Gasteiger partial charge is 0.265 e. The van der Waals surface area contributed by atoms with Crippen LogP contribution < -0.4 is 5.32 Å². The fourth-order valence-corrected chi connectivity index (χ4v) is 3.25. The Balaban J connectivity index is 1.93. The molecule has 1 fully saturated rings. The quantitative estimate of drug-likeness (QED) is 0.854. The minimum absolute atomic E-state index is 0.0549. The topological polar surface area (TPSA) is 67.4 Å². The molecule has 1 atom stereocenters. The lowest BCUT2D eigenvalue weighted by Crippen LogP contribution is -2.51. The van der Waals surface area contributed by atoms with Crippen molar-refractivity contribution in [2.24, 2.45) is 5.92 Å². The first-order valence-corrected chi connectivity index (χ1v) is 8.32. The van der Waals surface area contributed by atoms with E-state index in [0.29, 0.717) is 23.4 Å². The summed E-state index contributed by atoms with van der Waals surface area (Å²) in [5.74, 6) is 0.425. The van der Waals surface area contributed by atoms with Gasteiger partial charge in [-0.15, -0.1) is 5.10 Å². The van der Waals surface area contributed by atoms with E-state index in [0.717, 1.165) is 38.4 Å². The second-order valence-electron chi connectivity index (χ2n) is 5.57. The molecule has 0 aromatic carbocycles. The summed E-state index contributed by atoms with van der Waals surface area (Å²) in [6.07, 6.45) is 0.732. The molecule has 7 heteroatoms. The molecule has 6 nitrogen and oxygen atoms in total. The van der Waals surface area contributed by atoms with Gasteiger partial charge in [0.15, 0.2) is 0 Å². The highest BCUT2D eigenvalue weighted by Gasteiger charge is 2.25. The van der Waals surface area contributed by atoms with Gasteiger partial charge >= 0.3 is 0 Å². The molecule has 0 radical (unpaired) electrons. The van der Waals surface area contributed by atoms with Crippen molar-refractivity contribution in [1.82, 2.24) is 19.8 Å². The van der Waals surface area contributed by atoms with E-state index in [1.54, 1.807) is 0 Å². The van der Waals surface area contributed by atoms with Gasteiger partial charge in [-0.25, -0.2) is 0 Å². The van der Waals surface area contributed by atoms with Crippen LogP contribution >= 0.6 is 11.5 Å². The number of ether oxygens (including phenoxy) is 1. The van der Waals surface area contributed by atoms with Gasteiger partial charge in [0.1, 0.15) is 4.88 Å². The summed E-state index contributed by atoms with van der Waals surface area (Å²) >= 11 is 1.17. The van der Waals surface area contributed by atoms with Crippen molar-refractivity contribution in [2.45, 2.75) is 33.2 Å². The monoisotopic (exact) mass is 312 g/mol. The minimum atomic E-state index is -0.0549. The second kappa shape index (κ2) is 7.82. The number of nitrogens with one attached hydrogen (secondary N) is 1. The number of aryl methyl sites for hydroxylation is 1. The van der Waals surface area contributed by atoms with Gasteiger partial charge in [-0.2, -0.15) is 0 Å².